The van der Waals surface area contributed by atoms with Crippen molar-refractivity contribution in [3.63, 3.8) is 0 Å². The van der Waals surface area contributed by atoms with Crippen LogP contribution in [0.4, 0.5) is 4.79 Å². The first-order valence-electron chi connectivity index (χ1n) is 6.68. The highest BCUT2D eigenvalue weighted by molar-refractivity contribution is 9.10. The quantitative estimate of drug-likeness (QED) is 0.436. The first-order valence-corrected chi connectivity index (χ1v) is 7.47. The van der Waals surface area contributed by atoms with Gasteiger partial charge in [0, 0.05) is 4.47 Å². The van der Waals surface area contributed by atoms with Crippen LogP contribution in [-0.4, -0.2) is 25.2 Å². The Balaban J connectivity index is 3.28. The number of carbonyl (C=O) groups excluding carboxylic acids is 2. The summed E-state index contributed by atoms with van der Waals surface area (Å²) >= 11 is 3.32. The molecule has 7 nitrogen and oxygen atoms in total. The van der Waals surface area contributed by atoms with Crippen molar-refractivity contribution in [2.45, 2.75) is 6.92 Å². The minimum atomic E-state index is -1.05. The van der Waals surface area contributed by atoms with Crippen molar-refractivity contribution in [3.8, 4) is 29.9 Å². The van der Waals surface area contributed by atoms with Gasteiger partial charge in [-0.1, -0.05) is 21.9 Å². The molecule has 8 heteroatoms. The summed E-state index contributed by atoms with van der Waals surface area (Å²) in [6.45, 7) is 2.24. The molecule has 3 N–H and O–H groups in total. The maximum absolute atomic E-state index is 11.7. The van der Waals surface area contributed by atoms with Crippen LogP contribution in [0.25, 0.3) is 6.08 Å². The first-order chi connectivity index (χ1) is 11.4. The van der Waals surface area contributed by atoms with Crippen LogP contribution in [0.1, 0.15) is 12.5 Å². The first kappa shape index (κ1) is 19.1. The number of nitrogens with one attached hydrogen (secondary N) is 1. The Bertz CT molecular complexity index is 760. The molecule has 0 unspecified atom stereocenters. The van der Waals surface area contributed by atoms with E-state index < -0.39 is 11.9 Å². The number of halogens is 1. The van der Waals surface area contributed by atoms with Crippen LogP contribution in [0, 0.1) is 23.7 Å². The molecule has 1 rings (SSSR count). The highest BCUT2D eigenvalue weighted by Crippen LogP contribution is 2.34. The Morgan fingerprint density at radius 3 is 2.62 bits per heavy atom. The standard InChI is InChI=1S/C16H14BrN3O4/c1-3-5-24-14-8-12(17)10(7-13(14)23-4-2)6-11(9-18)15(21)20-16(19)22/h1,6-8H,4-5H2,2H3,(H3,19,20,21,22)/b11-6-. The highest BCUT2D eigenvalue weighted by atomic mass is 79.9. The van der Waals surface area contributed by atoms with Gasteiger partial charge in [-0.15, -0.1) is 6.42 Å². The zero-order valence-corrected chi connectivity index (χ0v) is 14.3. The lowest BCUT2D eigenvalue weighted by Gasteiger charge is -2.12. The maximum Gasteiger partial charge on any atom is 0.319 e. The summed E-state index contributed by atoms with van der Waals surface area (Å²) in [6, 6.07) is 3.84. The predicted octanol–water partition coefficient (Wildman–Crippen LogP) is 1.96. The van der Waals surface area contributed by atoms with E-state index in [2.05, 4.69) is 21.9 Å². The molecule has 124 valence electrons. The van der Waals surface area contributed by atoms with E-state index in [0.29, 0.717) is 28.1 Å². The number of carbonyl (C=O) groups is 2. The lowest BCUT2D eigenvalue weighted by atomic mass is 10.1. The third kappa shape index (κ3) is 5.34. The van der Waals surface area contributed by atoms with E-state index in [1.807, 2.05) is 5.32 Å². The summed E-state index contributed by atoms with van der Waals surface area (Å²) in [5, 5.41) is 10.9. The van der Waals surface area contributed by atoms with Gasteiger partial charge >= 0.3 is 6.03 Å². The summed E-state index contributed by atoms with van der Waals surface area (Å²) in [4.78, 5) is 22.4. The highest BCUT2D eigenvalue weighted by Gasteiger charge is 2.14. The summed E-state index contributed by atoms with van der Waals surface area (Å²) < 4.78 is 11.4. The molecule has 0 aliphatic rings. The van der Waals surface area contributed by atoms with E-state index in [0.717, 1.165) is 0 Å². The molecule has 0 aliphatic carbocycles. The number of benzene rings is 1. The fourth-order valence-corrected chi connectivity index (χ4v) is 2.08. The second-order valence-corrected chi connectivity index (χ2v) is 5.09. The van der Waals surface area contributed by atoms with Crippen LogP contribution >= 0.6 is 15.9 Å². The van der Waals surface area contributed by atoms with Gasteiger partial charge < -0.3 is 15.2 Å². The van der Waals surface area contributed by atoms with Crippen molar-refractivity contribution in [1.82, 2.24) is 5.32 Å². The van der Waals surface area contributed by atoms with Crippen LogP contribution in [0.15, 0.2) is 22.2 Å². The van der Waals surface area contributed by atoms with Gasteiger partial charge in [-0.2, -0.15) is 5.26 Å². The average Bonchev–Trinajstić information content (AvgIpc) is 2.52. The van der Waals surface area contributed by atoms with Crippen molar-refractivity contribution in [3.05, 3.63) is 27.7 Å². The molecule has 0 heterocycles. The summed E-state index contributed by atoms with van der Waals surface area (Å²) in [6.07, 6.45) is 6.46. The van der Waals surface area contributed by atoms with E-state index in [1.165, 1.54) is 6.08 Å². The molecular formula is C16H14BrN3O4. The lowest BCUT2D eigenvalue weighted by molar-refractivity contribution is -0.115. The molecule has 1 aromatic carbocycles. The average molecular weight is 392 g/mol. The number of hydrogen-bond donors (Lipinski definition) is 2. The molecule has 0 aliphatic heterocycles. The van der Waals surface area contributed by atoms with Gasteiger partial charge in [0.2, 0.25) is 0 Å². The van der Waals surface area contributed by atoms with Gasteiger partial charge in [-0.3, -0.25) is 10.1 Å². The monoisotopic (exact) mass is 391 g/mol. The van der Waals surface area contributed by atoms with Crippen LogP contribution in [0.5, 0.6) is 11.5 Å². The number of amides is 3. The molecule has 0 spiro atoms. The van der Waals surface area contributed by atoms with Gasteiger partial charge in [0.05, 0.1) is 6.61 Å². The molecule has 0 atom stereocenters. The Kier molecular flexibility index (Phi) is 7.34. The lowest BCUT2D eigenvalue weighted by Crippen LogP contribution is -2.35. The van der Waals surface area contributed by atoms with E-state index in [-0.39, 0.29) is 12.2 Å². The minimum absolute atomic E-state index is 0.0617. The number of primary amides is 1. The van der Waals surface area contributed by atoms with Crippen LogP contribution in [-0.2, 0) is 4.79 Å². The molecular weight excluding hydrogens is 378 g/mol. The number of ether oxygens (including phenoxy) is 2. The molecule has 24 heavy (non-hydrogen) atoms. The van der Waals surface area contributed by atoms with Crippen molar-refractivity contribution in [1.29, 1.82) is 5.26 Å². The summed E-state index contributed by atoms with van der Waals surface area (Å²) in [5.74, 6) is 2.26. The topological polar surface area (TPSA) is 114 Å². The molecule has 0 fully saturated rings. The Morgan fingerprint density at radius 2 is 2.08 bits per heavy atom. The third-order valence-electron chi connectivity index (χ3n) is 2.58. The number of nitriles is 1. The second kappa shape index (κ2) is 9.23. The normalized spacial score (nSPS) is 10.2. The molecule has 0 bridgehead atoms. The van der Waals surface area contributed by atoms with Gasteiger partial charge in [0.25, 0.3) is 5.91 Å². The van der Waals surface area contributed by atoms with E-state index in [9.17, 15) is 9.59 Å². The number of hydrogen-bond acceptors (Lipinski definition) is 5. The SMILES string of the molecule is C#CCOc1cc(Br)c(/C=C(/C#N)C(=O)NC(N)=O)cc1OCC. The number of nitrogens with zero attached hydrogens (tertiary/aromatic N) is 1. The van der Waals surface area contributed by atoms with Gasteiger partial charge in [0.15, 0.2) is 11.5 Å². The van der Waals surface area contributed by atoms with Crippen molar-refractivity contribution in [2.75, 3.05) is 13.2 Å². The zero-order chi connectivity index (χ0) is 18.1. The van der Waals surface area contributed by atoms with E-state index in [1.54, 1.807) is 25.1 Å². The smallest absolute Gasteiger partial charge is 0.319 e. The molecule has 0 aromatic heterocycles. The Labute approximate surface area is 147 Å². The third-order valence-corrected chi connectivity index (χ3v) is 3.26. The summed E-state index contributed by atoms with van der Waals surface area (Å²) in [5.41, 5.74) is 5.05. The summed E-state index contributed by atoms with van der Waals surface area (Å²) in [7, 11) is 0. The largest absolute Gasteiger partial charge is 0.490 e. The molecule has 1 aromatic rings. The number of terminal acetylenes is 1. The van der Waals surface area contributed by atoms with Gasteiger partial charge in [0.1, 0.15) is 18.2 Å². The second-order valence-electron chi connectivity index (χ2n) is 4.23. The number of rotatable bonds is 6. The van der Waals surface area contributed by atoms with Crippen molar-refractivity contribution in [2.24, 2.45) is 5.73 Å². The number of imide groups is 1. The van der Waals surface area contributed by atoms with Crippen LogP contribution in [0.2, 0.25) is 0 Å². The van der Waals surface area contributed by atoms with Gasteiger partial charge in [-0.05, 0) is 30.7 Å². The molecule has 0 saturated heterocycles. The molecule has 3 amide bonds. The number of urea groups is 1. The molecule has 0 radical (unpaired) electrons. The van der Waals surface area contributed by atoms with Crippen molar-refractivity contribution >= 4 is 33.9 Å². The number of nitrogens with two attached hydrogens (primary N) is 1. The zero-order valence-electron chi connectivity index (χ0n) is 12.8. The maximum atomic E-state index is 11.7. The molecule has 0 saturated carbocycles. The van der Waals surface area contributed by atoms with Gasteiger partial charge in [-0.25, -0.2) is 4.79 Å². The minimum Gasteiger partial charge on any atom is -0.490 e. The Morgan fingerprint density at radius 1 is 1.42 bits per heavy atom. The Hall–Kier alpha value is -2.97. The van der Waals surface area contributed by atoms with Crippen LogP contribution in [0.3, 0.4) is 0 Å². The fraction of sp³-hybridized carbons (Fsp3) is 0.188. The fourth-order valence-electron chi connectivity index (χ4n) is 1.65. The van der Waals surface area contributed by atoms with Crippen LogP contribution < -0.4 is 20.5 Å². The van der Waals surface area contributed by atoms with E-state index >= 15 is 0 Å². The van der Waals surface area contributed by atoms with E-state index in [4.69, 9.17) is 26.9 Å². The van der Waals surface area contributed by atoms with Crippen molar-refractivity contribution < 1.29 is 19.1 Å². The predicted molar refractivity (Wildman–Crippen MR) is 91.0 cm³/mol.